The molecule has 0 aliphatic heterocycles. The first-order chi connectivity index (χ1) is 9.06. The Morgan fingerprint density at radius 3 is 3.00 bits per heavy atom. The van der Waals surface area contributed by atoms with E-state index in [4.69, 9.17) is 0 Å². The van der Waals surface area contributed by atoms with Crippen LogP contribution in [0, 0.1) is 0 Å². The van der Waals surface area contributed by atoms with Crippen molar-refractivity contribution in [3.63, 3.8) is 0 Å². The van der Waals surface area contributed by atoms with Crippen LogP contribution in [0.25, 0.3) is 5.65 Å². The minimum absolute atomic E-state index is 0.509. The molecule has 0 aliphatic carbocycles. The Kier molecular flexibility index (Phi) is 4.84. The van der Waals surface area contributed by atoms with Crippen molar-refractivity contribution in [3.8, 4) is 0 Å². The number of aromatic nitrogens is 2. The predicted octanol–water partition coefficient (Wildman–Crippen LogP) is 1.76. The highest BCUT2D eigenvalue weighted by Crippen LogP contribution is 2.20. The van der Waals surface area contributed by atoms with E-state index in [1.807, 2.05) is 18.3 Å². The molecule has 0 aromatic carbocycles. The van der Waals surface area contributed by atoms with Crippen LogP contribution in [-0.4, -0.2) is 36.4 Å². The fourth-order valence-electron chi connectivity index (χ4n) is 1.70. The average Bonchev–Trinajstić information content (AvgIpc) is 2.81. The van der Waals surface area contributed by atoms with E-state index in [1.54, 1.807) is 18.0 Å². The van der Waals surface area contributed by atoms with E-state index in [-0.39, 0.29) is 0 Å². The second kappa shape index (κ2) is 6.40. The van der Waals surface area contributed by atoms with Crippen molar-refractivity contribution in [2.45, 2.75) is 17.9 Å². The molecule has 7 heteroatoms. The Hall–Kier alpha value is -1.05. The number of hydrogen-bond donors (Lipinski definition) is 1. The van der Waals surface area contributed by atoms with Crippen molar-refractivity contribution in [1.82, 2.24) is 14.1 Å². The number of fused-ring (bicyclic) bond motifs is 1. The van der Waals surface area contributed by atoms with Gasteiger partial charge in [0, 0.05) is 18.9 Å². The summed E-state index contributed by atoms with van der Waals surface area (Å²) in [4.78, 5) is 4.24. The third kappa shape index (κ3) is 4.52. The van der Waals surface area contributed by atoms with Crippen molar-refractivity contribution in [2.24, 2.45) is 0 Å². The molecule has 0 unspecified atom stereocenters. The fourth-order valence-corrected chi connectivity index (χ4v) is 3.24. The topological polar surface area (TPSA) is 63.5 Å². The highest BCUT2D eigenvalue weighted by molar-refractivity contribution is 7.99. The second-order valence-corrected chi connectivity index (χ2v) is 7.19. The summed E-state index contributed by atoms with van der Waals surface area (Å²) in [6.07, 6.45) is 6.73. The third-order valence-corrected chi connectivity index (χ3v) is 4.43. The standard InChI is InChI=1S/C12H17N3O2S2/c1-19(16,17)14-7-2-3-10-18-12-6-4-5-11-13-8-9-15(11)12/h4-6,8-9,14H,2-3,7,10H2,1H3. The quantitative estimate of drug-likeness (QED) is 0.625. The van der Waals surface area contributed by atoms with Crippen molar-refractivity contribution < 1.29 is 8.42 Å². The number of rotatable bonds is 7. The minimum Gasteiger partial charge on any atom is -0.294 e. The number of thioether (sulfide) groups is 1. The average molecular weight is 299 g/mol. The SMILES string of the molecule is CS(=O)(=O)NCCCCSc1cccc2nccn12. The first kappa shape index (κ1) is 14.4. The maximum atomic E-state index is 10.9. The summed E-state index contributed by atoms with van der Waals surface area (Å²) in [7, 11) is -3.05. The monoisotopic (exact) mass is 299 g/mol. The van der Waals surface area contributed by atoms with Gasteiger partial charge in [-0.25, -0.2) is 18.1 Å². The Labute approximate surface area is 117 Å². The molecule has 0 spiro atoms. The molecule has 2 heterocycles. The maximum Gasteiger partial charge on any atom is 0.208 e. The lowest BCUT2D eigenvalue weighted by molar-refractivity contribution is 0.584. The van der Waals surface area contributed by atoms with Gasteiger partial charge < -0.3 is 0 Å². The summed E-state index contributed by atoms with van der Waals surface area (Å²) in [5.41, 5.74) is 0.948. The van der Waals surface area contributed by atoms with Gasteiger partial charge in [0.05, 0.1) is 11.3 Å². The van der Waals surface area contributed by atoms with Gasteiger partial charge in [-0.15, -0.1) is 11.8 Å². The molecule has 0 aliphatic rings. The molecular weight excluding hydrogens is 282 g/mol. The predicted molar refractivity (Wildman–Crippen MR) is 78.0 cm³/mol. The molecule has 0 saturated carbocycles. The molecule has 104 valence electrons. The largest absolute Gasteiger partial charge is 0.294 e. The van der Waals surface area contributed by atoms with Gasteiger partial charge in [-0.3, -0.25) is 4.40 Å². The first-order valence-corrected chi connectivity index (χ1v) is 8.93. The number of imidazole rings is 1. The van der Waals surface area contributed by atoms with Gasteiger partial charge in [-0.2, -0.15) is 0 Å². The second-order valence-electron chi connectivity index (χ2n) is 4.24. The van der Waals surface area contributed by atoms with Crippen LogP contribution in [0.2, 0.25) is 0 Å². The summed E-state index contributed by atoms with van der Waals surface area (Å²) in [6, 6.07) is 6.03. The van der Waals surface area contributed by atoms with Crippen LogP contribution >= 0.6 is 11.8 Å². The lowest BCUT2D eigenvalue weighted by atomic mass is 10.3. The minimum atomic E-state index is -3.05. The van der Waals surface area contributed by atoms with Crippen molar-refractivity contribution in [3.05, 3.63) is 30.6 Å². The molecule has 2 aromatic heterocycles. The van der Waals surface area contributed by atoms with E-state index in [0.29, 0.717) is 6.54 Å². The van der Waals surface area contributed by atoms with E-state index < -0.39 is 10.0 Å². The van der Waals surface area contributed by atoms with E-state index in [2.05, 4.69) is 20.2 Å². The summed E-state index contributed by atoms with van der Waals surface area (Å²) in [5, 5.41) is 1.16. The van der Waals surface area contributed by atoms with Crippen LogP contribution in [0.4, 0.5) is 0 Å². The van der Waals surface area contributed by atoms with Crippen LogP contribution in [0.15, 0.2) is 35.6 Å². The molecular formula is C12H17N3O2S2. The third-order valence-electron chi connectivity index (χ3n) is 2.58. The van der Waals surface area contributed by atoms with E-state index >= 15 is 0 Å². The summed E-state index contributed by atoms with van der Waals surface area (Å²) in [6.45, 7) is 0.509. The molecule has 0 radical (unpaired) electrons. The van der Waals surface area contributed by atoms with Crippen molar-refractivity contribution in [2.75, 3.05) is 18.6 Å². The summed E-state index contributed by atoms with van der Waals surface area (Å²) >= 11 is 1.76. The maximum absolute atomic E-state index is 10.9. The fraction of sp³-hybridized carbons (Fsp3) is 0.417. The molecule has 5 nitrogen and oxygen atoms in total. The number of pyridine rings is 1. The highest BCUT2D eigenvalue weighted by atomic mass is 32.2. The van der Waals surface area contributed by atoms with Gasteiger partial charge in [0.15, 0.2) is 0 Å². The Morgan fingerprint density at radius 2 is 2.21 bits per heavy atom. The smallest absolute Gasteiger partial charge is 0.208 e. The van der Waals surface area contributed by atoms with Crippen LogP contribution < -0.4 is 4.72 Å². The molecule has 0 amide bonds. The van der Waals surface area contributed by atoms with E-state index in [9.17, 15) is 8.42 Å². The molecule has 0 fully saturated rings. The molecule has 1 N–H and O–H groups in total. The van der Waals surface area contributed by atoms with Gasteiger partial charge in [0.25, 0.3) is 0 Å². The van der Waals surface area contributed by atoms with Gasteiger partial charge in [-0.1, -0.05) is 6.07 Å². The normalized spacial score (nSPS) is 12.1. The molecule has 0 bridgehead atoms. The Bertz CT molecular complexity index is 637. The van der Waals surface area contributed by atoms with Crippen LogP contribution in [0.3, 0.4) is 0 Å². The lowest BCUT2D eigenvalue weighted by Crippen LogP contribution is -2.22. The van der Waals surface area contributed by atoms with Crippen molar-refractivity contribution in [1.29, 1.82) is 0 Å². The number of unbranched alkanes of at least 4 members (excludes halogenated alkanes) is 1. The summed E-state index contributed by atoms with van der Waals surface area (Å²) < 4.78 is 26.3. The number of sulfonamides is 1. The van der Waals surface area contributed by atoms with Crippen LogP contribution in [0.1, 0.15) is 12.8 Å². The Balaban J connectivity index is 1.76. The molecule has 0 atom stereocenters. The van der Waals surface area contributed by atoms with E-state index in [0.717, 1.165) is 29.3 Å². The van der Waals surface area contributed by atoms with E-state index in [1.165, 1.54) is 6.26 Å². The zero-order valence-electron chi connectivity index (χ0n) is 10.7. The lowest BCUT2D eigenvalue weighted by Gasteiger charge is -2.05. The highest BCUT2D eigenvalue weighted by Gasteiger charge is 2.02. The van der Waals surface area contributed by atoms with Gasteiger partial charge >= 0.3 is 0 Å². The first-order valence-electron chi connectivity index (χ1n) is 6.06. The summed E-state index contributed by atoms with van der Waals surface area (Å²) in [5.74, 6) is 0.961. The van der Waals surface area contributed by atoms with Crippen molar-refractivity contribution >= 4 is 27.4 Å². The molecule has 0 saturated heterocycles. The molecule has 2 rings (SSSR count). The Morgan fingerprint density at radius 1 is 1.37 bits per heavy atom. The zero-order valence-corrected chi connectivity index (χ0v) is 12.4. The molecule has 19 heavy (non-hydrogen) atoms. The van der Waals surface area contributed by atoms with Gasteiger partial charge in [0.1, 0.15) is 5.65 Å². The van der Waals surface area contributed by atoms with Crippen LogP contribution in [-0.2, 0) is 10.0 Å². The molecule has 2 aromatic rings. The van der Waals surface area contributed by atoms with Crippen LogP contribution in [0.5, 0.6) is 0 Å². The number of hydrogen-bond acceptors (Lipinski definition) is 4. The van der Waals surface area contributed by atoms with Gasteiger partial charge in [0.2, 0.25) is 10.0 Å². The van der Waals surface area contributed by atoms with Gasteiger partial charge in [-0.05, 0) is 30.7 Å². The zero-order chi connectivity index (χ0) is 13.7. The number of nitrogens with zero attached hydrogens (tertiary/aromatic N) is 2. The number of nitrogens with one attached hydrogen (secondary N) is 1.